The van der Waals surface area contributed by atoms with E-state index in [1.54, 1.807) is 0 Å². The highest BCUT2D eigenvalue weighted by Gasteiger charge is 2.35. The molecular formula is C52H57Cl2N7. The highest BCUT2D eigenvalue weighted by atomic mass is 35.5. The topological polar surface area (TPSA) is 63.8 Å². The van der Waals surface area contributed by atoms with Crippen LogP contribution >= 0.6 is 23.2 Å². The van der Waals surface area contributed by atoms with Crippen LogP contribution < -0.4 is 5.32 Å². The Bertz CT molecular complexity index is 2530. The lowest BCUT2D eigenvalue weighted by atomic mass is 9.76. The molecule has 10 rings (SSSR count). The van der Waals surface area contributed by atoms with Gasteiger partial charge >= 0.3 is 0 Å². The lowest BCUT2D eigenvalue weighted by Gasteiger charge is -2.35. The van der Waals surface area contributed by atoms with Gasteiger partial charge in [0, 0.05) is 71.6 Å². The number of benzene rings is 2. The van der Waals surface area contributed by atoms with Gasteiger partial charge in [-0.2, -0.15) is 0 Å². The molecule has 7 nitrogen and oxygen atoms in total. The number of nitrogens with zero attached hydrogens (tertiary/aromatic N) is 6. The number of rotatable bonds is 8. The second kappa shape index (κ2) is 18.7. The smallest absolute Gasteiger partial charge is 0.105 e. The molecule has 61 heavy (non-hydrogen) atoms. The summed E-state index contributed by atoms with van der Waals surface area (Å²) in [7, 11) is 2.23. The number of likely N-dealkylation sites (tertiary alicyclic amines) is 1. The van der Waals surface area contributed by atoms with Gasteiger partial charge in [-0.25, -0.2) is 4.98 Å². The van der Waals surface area contributed by atoms with E-state index in [2.05, 4.69) is 137 Å². The zero-order chi connectivity index (χ0) is 41.9. The number of aromatic nitrogens is 5. The average molecular weight is 851 g/mol. The largest absolute Gasteiger partial charge is 0.351 e. The summed E-state index contributed by atoms with van der Waals surface area (Å²) < 4.78 is 4.54. The van der Waals surface area contributed by atoms with Crippen molar-refractivity contribution in [3.63, 3.8) is 0 Å². The Labute approximate surface area is 371 Å². The van der Waals surface area contributed by atoms with Crippen LogP contribution in [0.15, 0.2) is 104 Å². The fourth-order valence-electron chi connectivity index (χ4n) is 10.4. The zero-order valence-corrected chi connectivity index (χ0v) is 37.2. The van der Waals surface area contributed by atoms with Crippen molar-refractivity contribution in [2.45, 2.75) is 77.3 Å². The molecule has 0 amide bonds. The summed E-state index contributed by atoms with van der Waals surface area (Å²) in [5, 5.41) is 5.11. The van der Waals surface area contributed by atoms with Gasteiger partial charge in [0.25, 0.3) is 0 Å². The molecule has 6 aromatic rings. The third kappa shape index (κ3) is 9.08. The summed E-state index contributed by atoms with van der Waals surface area (Å²) in [6.07, 6.45) is 21.3. The van der Waals surface area contributed by atoms with Crippen LogP contribution in [0.2, 0.25) is 10.0 Å². The van der Waals surface area contributed by atoms with E-state index in [4.69, 9.17) is 33.2 Å². The van der Waals surface area contributed by atoms with Crippen molar-refractivity contribution < 1.29 is 0 Å². The molecule has 0 saturated carbocycles. The summed E-state index contributed by atoms with van der Waals surface area (Å²) in [6.45, 7) is 10.5. The maximum atomic E-state index is 6.53. The number of aryl methyl sites for hydroxylation is 4. The minimum Gasteiger partial charge on any atom is -0.351 e. The Morgan fingerprint density at radius 2 is 1.18 bits per heavy atom. The number of fused-ring (bicyclic) bond motifs is 4. The van der Waals surface area contributed by atoms with E-state index in [9.17, 15) is 0 Å². The molecule has 2 saturated heterocycles. The number of imidazole rings is 1. The standard InChI is InChI=1S/C27H30ClN3.C25H27ClN4/c1-19-5-4-13-31(19)16-11-21-17-22-6-3-12-29-27(22)26(20-9-14-30(2)15-10-20)24-8-7-23(28)18-25(21)24;1-17-28-12-14-30(17)13-8-19-15-20-3-2-9-29-25(20)24(18-6-10-27-11-7-18)22-5-4-21(26)16-23(19)22/h3-8,12-13,17-18,20,26H,9-11,14-16H2,1-2H3;2-5,9,12,14-16,18,24,27H,6-8,10-11,13H2,1H3. The van der Waals surface area contributed by atoms with Gasteiger partial charge in [-0.1, -0.05) is 47.5 Å². The van der Waals surface area contributed by atoms with Crippen molar-refractivity contribution in [1.82, 2.24) is 34.3 Å². The number of nitrogens with one attached hydrogen (secondary N) is 1. The van der Waals surface area contributed by atoms with E-state index >= 15 is 0 Å². The predicted octanol–water partition coefficient (Wildman–Crippen LogP) is 11.6. The van der Waals surface area contributed by atoms with Gasteiger partial charge in [0.15, 0.2) is 0 Å². The Morgan fingerprint density at radius 1 is 0.623 bits per heavy atom. The molecule has 2 atom stereocenters. The van der Waals surface area contributed by atoms with E-state index < -0.39 is 0 Å². The Balaban J connectivity index is 0.000000156. The van der Waals surface area contributed by atoms with Crippen LogP contribution in [0.5, 0.6) is 0 Å². The first-order chi connectivity index (χ1) is 29.8. The predicted molar refractivity (Wildman–Crippen MR) is 252 cm³/mol. The maximum Gasteiger partial charge on any atom is 0.105 e. The molecule has 314 valence electrons. The van der Waals surface area contributed by atoms with Gasteiger partial charge in [0.1, 0.15) is 5.82 Å². The van der Waals surface area contributed by atoms with E-state index in [1.807, 2.05) is 24.7 Å². The van der Waals surface area contributed by atoms with Crippen molar-refractivity contribution in [3.8, 4) is 0 Å². The molecule has 0 spiro atoms. The van der Waals surface area contributed by atoms with Crippen molar-refractivity contribution in [2.24, 2.45) is 11.8 Å². The summed E-state index contributed by atoms with van der Waals surface area (Å²) in [6, 6.07) is 25.8. The highest BCUT2D eigenvalue weighted by Crippen LogP contribution is 2.47. The van der Waals surface area contributed by atoms with E-state index in [1.165, 1.54) is 87.3 Å². The van der Waals surface area contributed by atoms with Crippen LogP contribution in [0.3, 0.4) is 0 Å². The molecule has 1 N–H and O–H groups in total. The van der Waals surface area contributed by atoms with Crippen molar-refractivity contribution in [3.05, 3.63) is 170 Å². The number of piperidine rings is 2. The highest BCUT2D eigenvalue weighted by molar-refractivity contribution is 6.31. The minimum absolute atomic E-state index is 0.305. The minimum atomic E-state index is 0.305. The number of hydrogen-bond donors (Lipinski definition) is 1. The molecule has 2 aliphatic heterocycles. The first-order valence-corrected chi connectivity index (χ1v) is 23.0. The molecule has 2 unspecified atom stereocenters. The van der Waals surface area contributed by atoms with E-state index in [-0.39, 0.29) is 0 Å². The molecule has 2 aromatic carbocycles. The lowest BCUT2D eigenvalue weighted by Crippen LogP contribution is -2.33. The van der Waals surface area contributed by atoms with Gasteiger partial charge in [-0.05, 0) is 203 Å². The molecule has 0 radical (unpaired) electrons. The fourth-order valence-corrected chi connectivity index (χ4v) is 10.7. The van der Waals surface area contributed by atoms with E-state index in [0.29, 0.717) is 23.7 Å². The second-order valence-electron chi connectivity index (χ2n) is 17.5. The number of hydrogen-bond acceptors (Lipinski definition) is 5. The Morgan fingerprint density at radius 3 is 1.70 bits per heavy atom. The molecule has 4 aromatic heterocycles. The number of pyridine rings is 2. The van der Waals surface area contributed by atoms with Crippen LogP contribution in [0.25, 0.3) is 23.3 Å². The maximum absolute atomic E-state index is 6.53. The normalized spacial score (nSPS) is 19.2. The third-order valence-electron chi connectivity index (χ3n) is 13.7. The number of halogens is 2. The molecule has 4 aliphatic rings. The van der Waals surface area contributed by atoms with Gasteiger partial charge in [0.2, 0.25) is 0 Å². The molecule has 9 heteroatoms. The Hall–Kier alpha value is -4.79. The molecular weight excluding hydrogens is 794 g/mol. The van der Waals surface area contributed by atoms with Gasteiger partial charge in [-0.3, -0.25) is 9.97 Å². The van der Waals surface area contributed by atoms with Crippen LogP contribution in [-0.2, 0) is 13.1 Å². The molecule has 6 heterocycles. The van der Waals surface area contributed by atoms with Gasteiger partial charge in [-0.15, -0.1) is 0 Å². The van der Waals surface area contributed by atoms with Crippen LogP contribution in [0.4, 0.5) is 0 Å². The van der Waals surface area contributed by atoms with Crippen molar-refractivity contribution in [1.29, 1.82) is 0 Å². The monoisotopic (exact) mass is 849 g/mol. The van der Waals surface area contributed by atoms with E-state index in [0.717, 1.165) is 68.0 Å². The molecule has 2 aliphatic carbocycles. The first kappa shape index (κ1) is 41.6. The quantitative estimate of drug-likeness (QED) is 0.165. The molecule has 0 bridgehead atoms. The summed E-state index contributed by atoms with van der Waals surface area (Å²) in [5.41, 5.74) is 14.3. The molecule has 2 fully saturated rings. The average Bonchev–Trinajstić information content (AvgIpc) is 3.82. The van der Waals surface area contributed by atoms with Crippen LogP contribution in [0, 0.1) is 25.7 Å². The summed E-state index contributed by atoms with van der Waals surface area (Å²) in [5.74, 6) is 2.86. The summed E-state index contributed by atoms with van der Waals surface area (Å²) in [4.78, 5) is 16.7. The van der Waals surface area contributed by atoms with Crippen molar-refractivity contribution in [2.75, 3.05) is 33.2 Å². The van der Waals surface area contributed by atoms with Crippen LogP contribution in [-0.4, -0.2) is 62.2 Å². The summed E-state index contributed by atoms with van der Waals surface area (Å²) >= 11 is 13.0. The lowest BCUT2D eigenvalue weighted by molar-refractivity contribution is 0.206. The van der Waals surface area contributed by atoms with Gasteiger partial charge < -0.3 is 19.4 Å². The van der Waals surface area contributed by atoms with Crippen LogP contribution in [0.1, 0.15) is 107 Å². The second-order valence-corrected chi connectivity index (χ2v) is 18.3. The van der Waals surface area contributed by atoms with Gasteiger partial charge in [0.05, 0.1) is 11.4 Å². The first-order valence-electron chi connectivity index (χ1n) is 22.2. The third-order valence-corrected chi connectivity index (χ3v) is 14.2. The van der Waals surface area contributed by atoms with Crippen molar-refractivity contribution >= 4 is 46.5 Å². The fraction of sp³-hybridized carbons (Fsp3) is 0.365. The zero-order valence-electron chi connectivity index (χ0n) is 35.7. The number of allylic oxidation sites excluding steroid dienone is 2. The Kier molecular flexibility index (Phi) is 12.7. The SMILES string of the molecule is Cc1cccn1CCC1=Cc2cccnc2C(C2CCN(C)CC2)c2ccc(Cl)cc21.Cc1nccn1CCC1=Cc2cccnc2C(C2CCNCC2)c2ccc(Cl)cc21.